The molecule has 15 unspecified atom stereocenters. The molecule has 0 aromatic heterocycles. The van der Waals surface area contributed by atoms with Gasteiger partial charge in [0, 0.05) is 18.3 Å². The van der Waals surface area contributed by atoms with E-state index in [-0.39, 0.29) is 29.4 Å². The smallest absolute Gasteiger partial charge is 0.336 e. The summed E-state index contributed by atoms with van der Waals surface area (Å²) >= 11 is 0. The molecule has 4 aliphatic carbocycles. The van der Waals surface area contributed by atoms with Crippen LogP contribution in [-0.4, -0.2) is 110 Å². The van der Waals surface area contributed by atoms with E-state index in [1.165, 1.54) is 0 Å². The summed E-state index contributed by atoms with van der Waals surface area (Å²) in [6, 6.07) is 0. The van der Waals surface area contributed by atoms with Crippen LogP contribution in [0.15, 0.2) is 22.8 Å². The van der Waals surface area contributed by atoms with Gasteiger partial charge in [0.15, 0.2) is 6.29 Å². The van der Waals surface area contributed by atoms with E-state index < -0.39 is 72.6 Å². The van der Waals surface area contributed by atoms with Gasteiger partial charge in [-0.05, 0) is 81.5 Å². The molecule has 45 heavy (non-hydrogen) atoms. The molecule has 254 valence electrons. The maximum atomic E-state index is 12.6. The molecule has 0 radical (unpaired) electrons. The zero-order valence-corrected chi connectivity index (χ0v) is 26.8. The van der Waals surface area contributed by atoms with Gasteiger partial charge in [-0.25, -0.2) is 4.79 Å². The van der Waals surface area contributed by atoms with Crippen molar-refractivity contribution < 1.29 is 54.8 Å². The minimum Gasteiger partial charge on any atom is -0.456 e. The van der Waals surface area contributed by atoms with Gasteiger partial charge >= 0.3 is 5.97 Å². The Hall–Kier alpha value is -1.41. The van der Waals surface area contributed by atoms with Crippen LogP contribution in [0.1, 0.15) is 79.1 Å². The Balaban J connectivity index is 1.18. The lowest BCUT2D eigenvalue weighted by Gasteiger charge is -2.60. The maximum Gasteiger partial charge on any atom is 0.336 e. The van der Waals surface area contributed by atoms with Gasteiger partial charge < -0.3 is 50.0 Å². The summed E-state index contributed by atoms with van der Waals surface area (Å²) in [6.07, 6.45) is -0.699. The fourth-order valence-corrected chi connectivity index (χ4v) is 10.7. The second-order valence-electron chi connectivity index (χ2n) is 15.5. The van der Waals surface area contributed by atoms with Crippen molar-refractivity contribution in [1.29, 1.82) is 0 Å². The standard InChI is InChI=1S/C34H52O11/c1-16-11-26(45-30(41)20(16)14-35)34(4,42)24-8-7-21-19-6-5-17-12-18(43-31-29(40)28(39)27(38)23(15-36)44-31)13-25(37)33(17,3)22(19)9-10-32(21,24)2/h5,18-19,21-29,31,35-40,42H,6-15H2,1-4H3. The van der Waals surface area contributed by atoms with Crippen molar-refractivity contribution in [1.82, 2.24) is 0 Å². The lowest BCUT2D eigenvalue weighted by Crippen LogP contribution is -2.61. The molecule has 7 N–H and O–H groups in total. The first kappa shape index (κ1) is 33.5. The molecule has 11 heteroatoms. The molecule has 6 aliphatic rings. The SMILES string of the molecule is CC1=C(CO)C(=O)OC(C(C)(O)C2CCC3C4CC=C5CC(OC6OC(CO)C(O)C(O)C6O)CC(O)C5(C)C4CCC32C)C1. The Morgan fingerprint density at radius 2 is 1.76 bits per heavy atom. The lowest BCUT2D eigenvalue weighted by molar-refractivity contribution is -0.315. The number of allylic oxidation sites excluding steroid dienone is 1. The van der Waals surface area contributed by atoms with Crippen molar-refractivity contribution in [3.63, 3.8) is 0 Å². The molecule has 0 aromatic carbocycles. The minimum absolute atomic E-state index is 0.0667. The van der Waals surface area contributed by atoms with E-state index in [1.54, 1.807) is 0 Å². The van der Waals surface area contributed by atoms with Gasteiger partial charge in [0.2, 0.25) is 0 Å². The fourth-order valence-electron chi connectivity index (χ4n) is 10.7. The molecule has 0 spiro atoms. The van der Waals surface area contributed by atoms with Gasteiger partial charge in [-0.1, -0.05) is 31.1 Å². The Bertz CT molecular complexity index is 1210. The van der Waals surface area contributed by atoms with E-state index in [0.717, 1.165) is 43.3 Å². The third-order valence-electron chi connectivity index (χ3n) is 13.4. The number of carbonyl (C=O) groups is 1. The second kappa shape index (κ2) is 11.9. The highest BCUT2D eigenvalue weighted by atomic mass is 16.7. The Kier molecular flexibility index (Phi) is 8.88. The first-order valence-electron chi connectivity index (χ1n) is 16.7. The number of rotatable bonds is 6. The molecule has 2 aliphatic heterocycles. The van der Waals surface area contributed by atoms with Gasteiger partial charge in [-0.15, -0.1) is 0 Å². The molecule has 15 atom stereocenters. The predicted molar refractivity (Wildman–Crippen MR) is 160 cm³/mol. The monoisotopic (exact) mass is 636 g/mol. The molecule has 1 saturated heterocycles. The van der Waals surface area contributed by atoms with E-state index in [0.29, 0.717) is 31.1 Å². The van der Waals surface area contributed by atoms with E-state index in [4.69, 9.17) is 14.2 Å². The van der Waals surface area contributed by atoms with E-state index >= 15 is 0 Å². The summed E-state index contributed by atoms with van der Waals surface area (Å²) < 4.78 is 17.4. The van der Waals surface area contributed by atoms with Crippen LogP contribution in [0.5, 0.6) is 0 Å². The first-order valence-corrected chi connectivity index (χ1v) is 16.7. The highest BCUT2D eigenvalue weighted by Crippen LogP contribution is 2.68. The van der Waals surface area contributed by atoms with Crippen LogP contribution in [0.25, 0.3) is 0 Å². The first-order chi connectivity index (χ1) is 21.2. The number of aliphatic hydroxyl groups is 7. The molecule has 0 aromatic rings. The average molecular weight is 637 g/mol. The number of aliphatic hydroxyl groups excluding tert-OH is 6. The van der Waals surface area contributed by atoms with Crippen LogP contribution in [0.2, 0.25) is 0 Å². The van der Waals surface area contributed by atoms with Crippen molar-refractivity contribution in [2.45, 2.75) is 134 Å². The van der Waals surface area contributed by atoms with Crippen LogP contribution in [-0.2, 0) is 19.0 Å². The van der Waals surface area contributed by atoms with Crippen molar-refractivity contribution in [2.75, 3.05) is 13.2 Å². The highest BCUT2D eigenvalue weighted by molar-refractivity contribution is 5.90. The number of hydrogen-bond acceptors (Lipinski definition) is 11. The topological polar surface area (TPSA) is 186 Å². The summed E-state index contributed by atoms with van der Waals surface area (Å²) in [7, 11) is 0. The van der Waals surface area contributed by atoms with E-state index in [9.17, 15) is 40.5 Å². The van der Waals surface area contributed by atoms with Crippen molar-refractivity contribution in [2.24, 2.45) is 34.5 Å². The van der Waals surface area contributed by atoms with Crippen LogP contribution in [0.3, 0.4) is 0 Å². The lowest BCUT2D eigenvalue weighted by atomic mass is 9.46. The minimum atomic E-state index is -1.52. The van der Waals surface area contributed by atoms with Gasteiger partial charge in [0.1, 0.15) is 36.1 Å². The maximum absolute atomic E-state index is 12.6. The van der Waals surface area contributed by atoms with Crippen LogP contribution in [0, 0.1) is 34.5 Å². The molecular formula is C34H52O11. The molecule has 3 saturated carbocycles. The number of ether oxygens (including phenoxy) is 3. The van der Waals surface area contributed by atoms with E-state index in [2.05, 4.69) is 19.9 Å². The van der Waals surface area contributed by atoms with Crippen LogP contribution < -0.4 is 0 Å². The van der Waals surface area contributed by atoms with Crippen LogP contribution >= 0.6 is 0 Å². The van der Waals surface area contributed by atoms with Gasteiger partial charge in [0.05, 0.1) is 31.0 Å². The van der Waals surface area contributed by atoms with Crippen molar-refractivity contribution in [3.8, 4) is 0 Å². The van der Waals surface area contributed by atoms with Crippen molar-refractivity contribution >= 4 is 5.97 Å². The quantitative estimate of drug-likeness (QED) is 0.164. The summed E-state index contributed by atoms with van der Waals surface area (Å²) in [4.78, 5) is 12.6. The number of hydrogen-bond donors (Lipinski definition) is 7. The van der Waals surface area contributed by atoms with Crippen molar-refractivity contribution in [3.05, 3.63) is 22.8 Å². The highest BCUT2D eigenvalue weighted by Gasteiger charge is 2.64. The number of fused-ring (bicyclic) bond motifs is 5. The number of esters is 1. The summed E-state index contributed by atoms with van der Waals surface area (Å²) in [5.41, 5.74) is 0.318. The normalized spacial score (nSPS) is 49.8. The average Bonchev–Trinajstić information content (AvgIpc) is 3.36. The molecule has 2 heterocycles. The fraction of sp³-hybridized carbons (Fsp3) is 0.853. The van der Waals surface area contributed by atoms with Gasteiger partial charge in [0.25, 0.3) is 0 Å². The number of carbonyl (C=O) groups excluding carboxylic acids is 1. The zero-order valence-electron chi connectivity index (χ0n) is 26.8. The third kappa shape index (κ3) is 5.16. The predicted octanol–water partition coefficient (Wildman–Crippen LogP) is 1.10. The summed E-state index contributed by atoms with van der Waals surface area (Å²) in [5.74, 6) is 0.289. The molecular weight excluding hydrogens is 584 g/mol. The largest absolute Gasteiger partial charge is 0.456 e. The molecule has 11 nitrogen and oxygen atoms in total. The van der Waals surface area contributed by atoms with Gasteiger partial charge in [-0.3, -0.25) is 0 Å². The molecule has 4 fully saturated rings. The molecule has 0 amide bonds. The second-order valence-corrected chi connectivity index (χ2v) is 15.5. The summed E-state index contributed by atoms with van der Waals surface area (Å²) in [6.45, 7) is 7.18. The Morgan fingerprint density at radius 1 is 1.02 bits per heavy atom. The van der Waals surface area contributed by atoms with E-state index in [1.807, 2.05) is 13.8 Å². The van der Waals surface area contributed by atoms with Crippen LogP contribution in [0.4, 0.5) is 0 Å². The molecule has 6 rings (SSSR count). The Labute approximate surface area is 264 Å². The summed E-state index contributed by atoms with van der Waals surface area (Å²) in [5, 5.41) is 73.8. The molecule has 0 bridgehead atoms. The third-order valence-corrected chi connectivity index (χ3v) is 13.4. The zero-order chi connectivity index (χ0) is 32.6. The Morgan fingerprint density at radius 3 is 2.42 bits per heavy atom. The number of cyclic esters (lactones) is 1. The van der Waals surface area contributed by atoms with Gasteiger partial charge in [-0.2, -0.15) is 0 Å².